The molecule has 0 saturated carbocycles. The average molecular weight is 364 g/mol. The van der Waals surface area contributed by atoms with Gasteiger partial charge in [-0.3, -0.25) is 0 Å². The van der Waals surface area contributed by atoms with E-state index in [1.165, 1.54) is 0 Å². The van der Waals surface area contributed by atoms with Gasteiger partial charge in [-0.2, -0.15) is 0 Å². The van der Waals surface area contributed by atoms with Crippen LogP contribution in [0, 0.1) is 0 Å². The van der Waals surface area contributed by atoms with Gasteiger partial charge in [0.1, 0.15) is 30.5 Å². The summed E-state index contributed by atoms with van der Waals surface area (Å²) in [6.45, 7) is 0.425. The predicted octanol–water partition coefficient (Wildman–Crippen LogP) is 4.30. The van der Waals surface area contributed by atoms with Crippen LogP contribution in [0.1, 0.15) is 10.4 Å². The molecule has 0 aliphatic rings. The molecule has 3 aromatic carbocycles. The van der Waals surface area contributed by atoms with Crippen LogP contribution in [0.15, 0.2) is 72.8 Å². The number of carbonyl (C=O) groups excluding carboxylic acids is 1. The second-order valence-electron chi connectivity index (χ2n) is 5.78. The molecule has 0 heterocycles. The van der Waals surface area contributed by atoms with E-state index in [2.05, 4.69) is 0 Å². The molecule has 0 saturated heterocycles. The smallest absolute Gasteiger partial charge is 0.338 e. The van der Waals surface area contributed by atoms with Crippen molar-refractivity contribution in [1.82, 2.24) is 0 Å². The molecular weight excluding hydrogens is 344 g/mol. The zero-order chi connectivity index (χ0) is 19.1. The van der Waals surface area contributed by atoms with Crippen LogP contribution >= 0.6 is 0 Å². The summed E-state index contributed by atoms with van der Waals surface area (Å²) in [5.41, 5.74) is 2.39. The van der Waals surface area contributed by atoms with Crippen molar-refractivity contribution in [1.29, 1.82) is 0 Å². The third-order valence-corrected chi connectivity index (χ3v) is 3.97. The van der Waals surface area contributed by atoms with Crippen molar-refractivity contribution in [3.05, 3.63) is 78.4 Å². The number of benzene rings is 3. The summed E-state index contributed by atoms with van der Waals surface area (Å²) in [5, 5.41) is 9.34. The summed E-state index contributed by atoms with van der Waals surface area (Å²) in [5.74, 6) is 1.26. The molecule has 0 aliphatic carbocycles. The fourth-order valence-electron chi connectivity index (χ4n) is 2.50. The highest BCUT2D eigenvalue weighted by Crippen LogP contribution is 2.22. The molecule has 3 aromatic rings. The minimum absolute atomic E-state index is 0.157. The SMILES string of the molecule is COc1ccc(OCCOC(=O)c2ccc(-c3ccc(O)cc3)cc2)cc1. The van der Waals surface area contributed by atoms with Gasteiger partial charge in [-0.15, -0.1) is 0 Å². The standard InChI is InChI=1S/C22H20O5/c1-25-20-10-12-21(13-11-20)26-14-15-27-22(24)18-4-2-16(3-5-18)17-6-8-19(23)9-7-17/h2-13,23H,14-15H2,1H3. The van der Waals surface area contributed by atoms with Gasteiger partial charge in [0, 0.05) is 0 Å². The van der Waals surface area contributed by atoms with Crippen molar-refractivity contribution >= 4 is 5.97 Å². The van der Waals surface area contributed by atoms with E-state index in [0.29, 0.717) is 11.3 Å². The fraction of sp³-hybridized carbons (Fsp3) is 0.136. The Morgan fingerprint density at radius 3 is 1.93 bits per heavy atom. The van der Waals surface area contributed by atoms with E-state index in [0.717, 1.165) is 16.9 Å². The van der Waals surface area contributed by atoms with Crippen LogP contribution in [0.25, 0.3) is 11.1 Å². The van der Waals surface area contributed by atoms with Gasteiger partial charge in [0.25, 0.3) is 0 Å². The van der Waals surface area contributed by atoms with Gasteiger partial charge in [0.05, 0.1) is 12.7 Å². The summed E-state index contributed by atoms with van der Waals surface area (Å²) in [7, 11) is 1.60. The van der Waals surface area contributed by atoms with Gasteiger partial charge >= 0.3 is 5.97 Å². The van der Waals surface area contributed by atoms with E-state index < -0.39 is 5.97 Å². The molecule has 0 aromatic heterocycles. The van der Waals surface area contributed by atoms with E-state index in [4.69, 9.17) is 14.2 Å². The van der Waals surface area contributed by atoms with Crippen LogP contribution in [0.4, 0.5) is 0 Å². The molecule has 5 heteroatoms. The molecule has 5 nitrogen and oxygen atoms in total. The molecule has 3 rings (SSSR count). The maximum atomic E-state index is 12.1. The van der Waals surface area contributed by atoms with Crippen LogP contribution in [0.3, 0.4) is 0 Å². The van der Waals surface area contributed by atoms with Crippen LogP contribution in [-0.4, -0.2) is 31.4 Å². The van der Waals surface area contributed by atoms with Crippen molar-refractivity contribution < 1.29 is 24.1 Å². The lowest BCUT2D eigenvalue weighted by atomic mass is 10.0. The molecule has 0 radical (unpaired) electrons. The lowest BCUT2D eigenvalue weighted by Crippen LogP contribution is -2.12. The molecule has 0 fully saturated rings. The molecule has 0 aliphatic heterocycles. The first-order valence-corrected chi connectivity index (χ1v) is 8.49. The molecule has 0 atom stereocenters. The lowest BCUT2D eigenvalue weighted by molar-refractivity contribution is 0.0450. The van der Waals surface area contributed by atoms with E-state index in [9.17, 15) is 9.90 Å². The maximum Gasteiger partial charge on any atom is 0.338 e. The van der Waals surface area contributed by atoms with Crippen LogP contribution in [0.2, 0.25) is 0 Å². The first kappa shape index (κ1) is 18.3. The lowest BCUT2D eigenvalue weighted by Gasteiger charge is -2.08. The molecule has 0 amide bonds. The van der Waals surface area contributed by atoms with Crippen molar-refractivity contribution in [2.45, 2.75) is 0 Å². The van der Waals surface area contributed by atoms with Crippen LogP contribution in [-0.2, 0) is 4.74 Å². The summed E-state index contributed by atoms with van der Waals surface area (Å²) >= 11 is 0. The molecule has 138 valence electrons. The van der Waals surface area contributed by atoms with Crippen LogP contribution in [0.5, 0.6) is 17.2 Å². The number of hydrogen-bond donors (Lipinski definition) is 1. The highest BCUT2D eigenvalue weighted by atomic mass is 16.6. The van der Waals surface area contributed by atoms with Crippen molar-refractivity contribution in [3.8, 4) is 28.4 Å². The minimum Gasteiger partial charge on any atom is -0.508 e. The van der Waals surface area contributed by atoms with Crippen molar-refractivity contribution in [3.63, 3.8) is 0 Å². The molecule has 27 heavy (non-hydrogen) atoms. The Hall–Kier alpha value is -3.47. The van der Waals surface area contributed by atoms with Gasteiger partial charge in [-0.25, -0.2) is 4.79 Å². The number of esters is 1. The topological polar surface area (TPSA) is 65.0 Å². The predicted molar refractivity (Wildman–Crippen MR) is 102 cm³/mol. The molecule has 1 N–H and O–H groups in total. The monoisotopic (exact) mass is 364 g/mol. The Bertz CT molecular complexity index is 868. The Morgan fingerprint density at radius 1 is 0.778 bits per heavy atom. The Kier molecular flexibility index (Phi) is 5.94. The van der Waals surface area contributed by atoms with Gasteiger partial charge in [0.2, 0.25) is 0 Å². The number of hydrogen-bond acceptors (Lipinski definition) is 5. The number of carbonyl (C=O) groups is 1. The number of rotatable bonds is 7. The van der Waals surface area contributed by atoms with E-state index in [-0.39, 0.29) is 19.0 Å². The first-order chi connectivity index (χ1) is 13.2. The highest BCUT2D eigenvalue weighted by molar-refractivity contribution is 5.90. The molecule has 0 unspecified atom stereocenters. The van der Waals surface area contributed by atoms with Crippen molar-refractivity contribution in [2.24, 2.45) is 0 Å². The summed E-state index contributed by atoms with van der Waals surface area (Å²) in [4.78, 5) is 12.1. The minimum atomic E-state index is -0.398. The van der Waals surface area contributed by atoms with E-state index in [1.54, 1.807) is 55.6 Å². The second-order valence-corrected chi connectivity index (χ2v) is 5.78. The Labute approximate surface area is 157 Å². The normalized spacial score (nSPS) is 10.3. The van der Waals surface area contributed by atoms with Gasteiger partial charge in [-0.05, 0) is 59.7 Å². The Balaban J connectivity index is 1.48. The molecular formula is C22H20O5. The quantitative estimate of drug-likeness (QED) is 0.500. The largest absolute Gasteiger partial charge is 0.508 e. The number of phenols is 1. The number of phenolic OH excluding ortho intramolecular Hbond substituents is 1. The van der Waals surface area contributed by atoms with E-state index >= 15 is 0 Å². The zero-order valence-corrected chi connectivity index (χ0v) is 14.9. The summed E-state index contributed by atoms with van der Waals surface area (Å²) in [6.07, 6.45) is 0. The highest BCUT2D eigenvalue weighted by Gasteiger charge is 2.08. The first-order valence-electron chi connectivity index (χ1n) is 8.49. The van der Waals surface area contributed by atoms with Crippen LogP contribution < -0.4 is 9.47 Å². The van der Waals surface area contributed by atoms with E-state index in [1.807, 2.05) is 24.3 Å². The van der Waals surface area contributed by atoms with Gasteiger partial charge in [0.15, 0.2) is 0 Å². The maximum absolute atomic E-state index is 12.1. The molecule has 0 spiro atoms. The number of methoxy groups -OCH3 is 1. The summed E-state index contributed by atoms with van der Waals surface area (Å²) in [6, 6.07) is 21.2. The zero-order valence-electron chi connectivity index (χ0n) is 14.9. The second kappa shape index (κ2) is 8.76. The third kappa shape index (κ3) is 5.01. The van der Waals surface area contributed by atoms with Crippen molar-refractivity contribution in [2.75, 3.05) is 20.3 Å². The number of aromatic hydroxyl groups is 1. The fourth-order valence-corrected chi connectivity index (χ4v) is 2.50. The Morgan fingerprint density at radius 2 is 1.33 bits per heavy atom. The van der Waals surface area contributed by atoms with Gasteiger partial charge < -0.3 is 19.3 Å². The molecule has 0 bridgehead atoms. The third-order valence-electron chi connectivity index (χ3n) is 3.97. The number of ether oxygens (including phenoxy) is 3. The van der Waals surface area contributed by atoms with Gasteiger partial charge in [-0.1, -0.05) is 24.3 Å². The summed E-state index contributed by atoms with van der Waals surface area (Å²) < 4.78 is 15.8. The average Bonchev–Trinajstić information content (AvgIpc) is 2.72.